The van der Waals surface area contributed by atoms with Crippen molar-refractivity contribution in [3.05, 3.63) is 60.5 Å². The second kappa shape index (κ2) is 8.95. The lowest BCUT2D eigenvalue weighted by Gasteiger charge is -2.30. The van der Waals surface area contributed by atoms with Crippen LogP contribution in [0.2, 0.25) is 0 Å². The molecule has 5 rings (SSSR count). The van der Waals surface area contributed by atoms with Crippen LogP contribution in [0.3, 0.4) is 0 Å². The molecule has 1 aromatic carbocycles. The summed E-state index contributed by atoms with van der Waals surface area (Å²) in [5.41, 5.74) is 0.863. The Morgan fingerprint density at radius 2 is 2.00 bits per heavy atom. The van der Waals surface area contributed by atoms with Gasteiger partial charge in [-0.15, -0.1) is 0 Å². The minimum atomic E-state index is 0.00131. The summed E-state index contributed by atoms with van der Waals surface area (Å²) in [6.45, 7) is 4.24. The monoisotopic (exact) mass is 422 g/mol. The number of ether oxygens (including phenoxy) is 2. The fourth-order valence-electron chi connectivity index (χ4n) is 4.34. The number of nitrogens with one attached hydrogen (secondary N) is 1. The smallest absolute Gasteiger partial charge is 0.260 e. The van der Waals surface area contributed by atoms with Crippen LogP contribution in [0.5, 0.6) is 5.75 Å². The van der Waals surface area contributed by atoms with Crippen molar-refractivity contribution in [2.75, 3.05) is 39.5 Å². The van der Waals surface area contributed by atoms with E-state index in [0.717, 1.165) is 30.3 Å². The van der Waals surface area contributed by atoms with Gasteiger partial charge in [-0.25, -0.2) is 0 Å². The van der Waals surface area contributed by atoms with Crippen LogP contribution in [0, 0.1) is 5.92 Å². The summed E-state index contributed by atoms with van der Waals surface area (Å²) >= 11 is 0. The van der Waals surface area contributed by atoms with Gasteiger partial charge in [0.2, 0.25) is 0 Å². The van der Waals surface area contributed by atoms with Crippen LogP contribution in [-0.2, 0) is 16.1 Å². The molecular weight excluding hydrogens is 396 g/mol. The Labute approximate surface area is 180 Å². The average Bonchev–Trinajstić information content (AvgIpc) is 3.39. The number of para-hydroxylation sites is 1. The summed E-state index contributed by atoms with van der Waals surface area (Å²) in [5.74, 6) is 2.65. The zero-order chi connectivity index (χ0) is 21.0. The van der Waals surface area contributed by atoms with Crippen molar-refractivity contribution in [1.29, 1.82) is 0 Å². The number of carbonyl (C=O) groups excluding carboxylic acids is 1. The van der Waals surface area contributed by atoms with Crippen LogP contribution >= 0.6 is 0 Å². The summed E-state index contributed by atoms with van der Waals surface area (Å²) in [5, 5.41) is 6.90. The molecule has 0 spiro atoms. The number of aromatic amines is 1. The lowest BCUT2D eigenvalue weighted by atomic mass is 10.1. The predicted molar refractivity (Wildman–Crippen MR) is 113 cm³/mol. The highest BCUT2D eigenvalue weighted by atomic mass is 16.5. The Balaban J connectivity index is 1.24. The van der Waals surface area contributed by atoms with Gasteiger partial charge in [0.15, 0.2) is 12.4 Å². The molecule has 1 amide bonds. The molecule has 2 saturated heterocycles. The van der Waals surface area contributed by atoms with Crippen LogP contribution in [0.4, 0.5) is 0 Å². The van der Waals surface area contributed by atoms with E-state index < -0.39 is 0 Å². The fourth-order valence-corrected chi connectivity index (χ4v) is 4.34. The van der Waals surface area contributed by atoms with E-state index in [0.29, 0.717) is 32.1 Å². The fraction of sp³-hybridized carbons (Fsp3) is 0.391. The van der Waals surface area contributed by atoms with Crippen molar-refractivity contribution in [2.45, 2.75) is 12.6 Å². The molecule has 0 saturated carbocycles. The molecule has 2 aliphatic heterocycles. The van der Waals surface area contributed by atoms with Crippen LogP contribution in [0.1, 0.15) is 5.76 Å². The third-order valence-corrected chi connectivity index (χ3v) is 5.78. The number of hydrogen-bond donors (Lipinski definition) is 1. The number of furan rings is 1. The molecule has 0 radical (unpaired) electrons. The Morgan fingerprint density at radius 1 is 1.10 bits per heavy atom. The minimum absolute atomic E-state index is 0.00131. The third-order valence-electron chi connectivity index (χ3n) is 5.78. The molecule has 0 unspecified atom stereocenters. The highest BCUT2D eigenvalue weighted by Crippen LogP contribution is 2.24. The van der Waals surface area contributed by atoms with Gasteiger partial charge in [0, 0.05) is 31.7 Å². The second-order valence-corrected chi connectivity index (χ2v) is 8.14. The Morgan fingerprint density at radius 3 is 2.84 bits per heavy atom. The lowest BCUT2D eigenvalue weighted by Crippen LogP contribution is -2.48. The van der Waals surface area contributed by atoms with Crippen LogP contribution in [0.15, 0.2) is 59.1 Å². The van der Waals surface area contributed by atoms with Gasteiger partial charge in [-0.3, -0.25) is 14.8 Å². The molecule has 2 atom stereocenters. The van der Waals surface area contributed by atoms with Crippen molar-refractivity contribution in [1.82, 2.24) is 20.0 Å². The molecule has 2 bridgehead atoms. The molecule has 8 heteroatoms. The number of carbonyl (C=O) groups is 1. The highest BCUT2D eigenvalue weighted by molar-refractivity contribution is 5.78. The van der Waals surface area contributed by atoms with Crippen LogP contribution in [0.25, 0.3) is 11.5 Å². The van der Waals surface area contributed by atoms with Gasteiger partial charge < -0.3 is 18.8 Å². The highest BCUT2D eigenvalue weighted by Gasteiger charge is 2.36. The van der Waals surface area contributed by atoms with E-state index >= 15 is 0 Å². The largest absolute Gasteiger partial charge is 0.484 e. The predicted octanol–water partition coefficient (Wildman–Crippen LogP) is 2.41. The van der Waals surface area contributed by atoms with E-state index in [4.69, 9.17) is 13.9 Å². The summed E-state index contributed by atoms with van der Waals surface area (Å²) in [6, 6.07) is 15.3. The molecule has 3 aromatic rings. The van der Waals surface area contributed by atoms with Crippen molar-refractivity contribution in [3.8, 4) is 17.2 Å². The molecule has 2 fully saturated rings. The number of fused-ring (bicyclic) bond motifs is 3. The summed E-state index contributed by atoms with van der Waals surface area (Å²) in [4.78, 5) is 17.3. The molecule has 0 aliphatic carbocycles. The maximum atomic E-state index is 13.0. The minimum Gasteiger partial charge on any atom is -0.484 e. The van der Waals surface area contributed by atoms with Gasteiger partial charge in [0.25, 0.3) is 5.91 Å². The van der Waals surface area contributed by atoms with E-state index in [2.05, 4.69) is 15.1 Å². The molecular formula is C23H26N4O4. The van der Waals surface area contributed by atoms with Gasteiger partial charge in [-0.05, 0) is 30.3 Å². The van der Waals surface area contributed by atoms with Crippen LogP contribution in [-0.4, -0.2) is 71.4 Å². The molecule has 2 aliphatic rings. The first-order valence-electron chi connectivity index (χ1n) is 10.6. The standard InChI is InChI=1S/C23H26N4O4/c28-23(16-30-19-4-2-1-3-5-19)27-11-17-10-26(12-18(27)15-29-14-17)13-20-6-7-22(31-20)21-8-9-24-25-21/h1-9,17-18H,10-16H2,(H,24,25)/t17-,18-/m0/s1. The number of aromatic nitrogens is 2. The molecule has 1 N–H and O–H groups in total. The van der Waals surface area contributed by atoms with Gasteiger partial charge >= 0.3 is 0 Å². The summed E-state index contributed by atoms with van der Waals surface area (Å²) in [7, 11) is 0. The lowest BCUT2D eigenvalue weighted by molar-refractivity contribution is -0.136. The van der Waals surface area contributed by atoms with Gasteiger partial charge in [0.1, 0.15) is 17.2 Å². The SMILES string of the molecule is O=C(COc1ccccc1)N1C[C@H]2COC[C@@H]1CN(Cc1ccc(-c3ccn[nH]3)o1)C2. The molecule has 162 valence electrons. The Bertz CT molecular complexity index is 988. The van der Waals surface area contributed by atoms with E-state index in [-0.39, 0.29) is 24.5 Å². The molecule has 2 aromatic heterocycles. The number of hydrogen-bond acceptors (Lipinski definition) is 6. The van der Waals surface area contributed by atoms with Crippen molar-refractivity contribution in [3.63, 3.8) is 0 Å². The van der Waals surface area contributed by atoms with Crippen LogP contribution < -0.4 is 4.74 Å². The maximum absolute atomic E-state index is 13.0. The Kier molecular flexibility index (Phi) is 5.73. The quantitative estimate of drug-likeness (QED) is 0.657. The van der Waals surface area contributed by atoms with Crippen molar-refractivity contribution >= 4 is 5.91 Å². The van der Waals surface area contributed by atoms with E-state index in [1.807, 2.05) is 53.4 Å². The number of amides is 1. The van der Waals surface area contributed by atoms with E-state index in [1.54, 1.807) is 6.20 Å². The number of rotatable bonds is 6. The molecule has 31 heavy (non-hydrogen) atoms. The number of H-pyrrole nitrogens is 1. The summed E-state index contributed by atoms with van der Waals surface area (Å²) in [6.07, 6.45) is 1.71. The third kappa shape index (κ3) is 4.65. The van der Waals surface area contributed by atoms with Gasteiger partial charge in [-0.2, -0.15) is 5.10 Å². The summed E-state index contributed by atoms with van der Waals surface area (Å²) < 4.78 is 17.6. The molecule has 4 heterocycles. The zero-order valence-corrected chi connectivity index (χ0v) is 17.3. The van der Waals surface area contributed by atoms with Gasteiger partial charge in [-0.1, -0.05) is 18.2 Å². The first-order chi connectivity index (χ1) is 15.2. The topological polar surface area (TPSA) is 83.8 Å². The maximum Gasteiger partial charge on any atom is 0.260 e. The van der Waals surface area contributed by atoms with Crippen molar-refractivity contribution in [2.24, 2.45) is 5.92 Å². The number of nitrogens with zero attached hydrogens (tertiary/aromatic N) is 3. The van der Waals surface area contributed by atoms with Crippen molar-refractivity contribution < 1.29 is 18.7 Å². The normalized spacial score (nSPS) is 21.6. The van der Waals surface area contributed by atoms with E-state index in [9.17, 15) is 4.79 Å². The zero-order valence-electron chi connectivity index (χ0n) is 17.3. The molecule has 8 nitrogen and oxygen atoms in total. The Hall–Kier alpha value is -3.10. The van der Waals surface area contributed by atoms with E-state index in [1.165, 1.54) is 0 Å². The second-order valence-electron chi connectivity index (χ2n) is 8.14. The number of benzene rings is 1. The van der Waals surface area contributed by atoms with Gasteiger partial charge in [0.05, 0.1) is 25.8 Å². The first-order valence-corrected chi connectivity index (χ1v) is 10.6. The first kappa shape index (κ1) is 19.8. The average molecular weight is 422 g/mol.